The van der Waals surface area contributed by atoms with E-state index in [4.69, 9.17) is 4.74 Å². The van der Waals surface area contributed by atoms with Crippen molar-refractivity contribution in [2.75, 3.05) is 7.11 Å². The van der Waals surface area contributed by atoms with Crippen LogP contribution in [0.3, 0.4) is 0 Å². The largest absolute Gasteiger partial charge is 0.453 e. The number of rotatable bonds is 8. The molecule has 6 heteroatoms. The molecule has 0 spiro atoms. The monoisotopic (exact) mass is 508 g/mol. The van der Waals surface area contributed by atoms with Crippen LogP contribution in [-0.4, -0.2) is 23.8 Å². The highest BCUT2D eigenvalue weighted by Crippen LogP contribution is 2.67. The summed E-state index contributed by atoms with van der Waals surface area (Å²) in [5.41, 5.74) is 0.942. The maximum atomic E-state index is 12.1. The molecule has 1 unspecified atom stereocenters. The number of carbonyl (C=O) groups is 1. The second-order valence-corrected chi connectivity index (χ2v) is 15.0. The molecule has 200 valence electrons. The second kappa shape index (κ2) is 10.3. The third-order valence-electron chi connectivity index (χ3n) is 11.0. The van der Waals surface area contributed by atoms with Crippen LogP contribution < -0.4 is 0 Å². The molecule has 0 aromatic rings. The van der Waals surface area contributed by atoms with Crippen LogP contribution in [0, 0.1) is 46.3 Å². The van der Waals surface area contributed by atoms with E-state index in [0.29, 0.717) is 17.8 Å². The van der Waals surface area contributed by atoms with Gasteiger partial charge in [0.15, 0.2) is 0 Å². The maximum absolute atomic E-state index is 12.1. The molecule has 0 amide bonds. The fraction of sp³-hybridized carbons (Fsp3) is 0.897. The Morgan fingerprint density at radius 2 is 1.86 bits per heavy atom. The molecule has 1 N–H and O–H groups in total. The SMILES string of the molecule is COP(=O)(O)C(=O)O[C@H]1CC[C@@]2(C)C(=CC[C@H]3[C@@H]4CC[C@H]([C@H](C)CCCC(C)C)[C@@]4(C)CC[C@@H]32)C1. The van der Waals surface area contributed by atoms with Crippen LogP contribution in [0.25, 0.3) is 0 Å². The minimum Gasteiger partial charge on any atom is -0.453 e. The summed E-state index contributed by atoms with van der Waals surface area (Å²) in [4.78, 5) is 21.7. The Hall–Kier alpha value is -0.640. The zero-order valence-electron chi connectivity index (χ0n) is 22.9. The fourth-order valence-electron chi connectivity index (χ4n) is 9.04. The van der Waals surface area contributed by atoms with Crippen molar-refractivity contribution in [2.45, 2.75) is 111 Å². The highest BCUT2D eigenvalue weighted by Gasteiger charge is 2.59. The molecule has 0 aliphatic heterocycles. The van der Waals surface area contributed by atoms with Gasteiger partial charge in [0.2, 0.25) is 0 Å². The summed E-state index contributed by atoms with van der Waals surface area (Å²) < 4.78 is 21.7. The maximum Gasteiger partial charge on any atom is 0.435 e. The van der Waals surface area contributed by atoms with Gasteiger partial charge in [0.05, 0.1) is 0 Å². The Labute approximate surface area is 213 Å². The summed E-state index contributed by atoms with van der Waals surface area (Å²) in [6.07, 6.45) is 15.2. The first kappa shape index (κ1) is 27.4. The summed E-state index contributed by atoms with van der Waals surface area (Å²) in [5, 5.41) is 0. The van der Waals surface area contributed by atoms with Crippen molar-refractivity contribution in [3.63, 3.8) is 0 Å². The molecule has 0 aromatic carbocycles. The summed E-state index contributed by atoms with van der Waals surface area (Å²) in [6.45, 7) is 12.3. The number of carbonyl (C=O) groups excluding carboxylic acids is 1. The van der Waals surface area contributed by atoms with E-state index in [1.54, 1.807) is 0 Å². The van der Waals surface area contributed by atoms with Gasteiger partial charge in [0.1, 0.15) is 6.10 Å². The van der Waals surface area contributed by atoms with Gasteiger partial charge in [-0.25, -0.2) is 9.36 Å². The Morgan fingerprint density at radius 1 is 1.11 bits per heavy atom. The zero-order chi connectivity index (χ0) is 25.6. The molecule has 3 saturated carbocycles. The van der Waals surface area contributed by atoms with Crippen LogP contribution in [0.1, 0.15) is 105 Å². The molecular formula is C29H49O5P. The molecule has 0 radical (unpaired) electrons. The number of fused-ring (bicyclic) bond motifs is 5. The minimum absolute atomic E-state index is 0.165. The minimum atomic E-state index is -4.34. The van der Waals surface area contributed by atoms with Gasteiger partial charge in [0, 0.05) is 13.5 Å². The van der Waals surface area contributed by atoms with Crippen molar-refractivity contribution in [1.82, 2.24) is 0 Å². The molecule has 0 saturated heterocycles. The lowest BCUT2D eigenvalue weighted by atomic mass is 9.47. The van der Waals surface area contributed by atoms with E-state index < -0.39 is 13.3 Å². The topological polar surface area (TPSA) is 72.8 Å². The van der Waals surface area contributed by atoms with Crippen molar-refractivity contribution >= 4 is 13.3 Å². The van der Waals surface area contributed by atoms with Gasteiger partial charge in [-0.05, 0) is 91.3 Å². The molecule has 3 fully saturated rings. The molecule has 4 aliphatic rings. The van der Waals surface area contributed by atoms with E-state index in [9.17, 15) is 14.3 Å². The summed E-state index contributed by atoms with van der Waals surface area (Å²) in [6, 6.07) is 0. The number of ether oxygens (including phenoxy) is 1. The first-order valence-electron chi connectivity index (χ1n) is 14.2. The van der Waals surface area contributed by atoms with Gasteiger partial charge in [-0.2, -0.15) is 0 Å². The fourth-order valence-corrected chi connectivity index (χ4v) is 9.47. The number of hydrogen-bond donors (Lipinski definition) is 1. The van der Waals surface area contributed by atoms with E-state index in [-0.39, 0.29) is 11.5 Å². The van der Waals surface area contributed by atoms with Crippen LogP contribution in [-0.2, 0) is 13.8 Å². The predicted molar refractivity (Wildman–Crippen MR) is 140 cm³/mol. The lowest BCUT2D eigenvalue weighted by Gasteiger charge is -2.58. The molecule has 4 aliphatic carbocycles. The molecule has 0 aromatic heterocycles. The predicted octanol–water partition coefficient (Wildman–Crippen LogP) is 8.36. The van der Waals surface area contributed by atoms with Crippen LogP contribution in [0.2, 0.25) is 0 Å². The highest BCUT2D eigenvalue weighted by molar-refractivity contribution is 7.70. The summed E-state index contributed by atoms with van der Waals surface area (Å²) >= 11 is 0. The average Bonchev–Trinajstić information content (AvgIpc) is 3.16. The Bertz CT molecular complexity index is 867. The van der Waals surface area contributed by atoms with Gasteiger partial charge in [-0.15, -0.1) is 0 Å². The van der Waals surface area contributed by atoms with Crippen molar-refractivity contribution in [3.05, 3.63) is 11.6 Å². The average molecular weight is 509 g/mol. The van der Waals surface area contributed by atoms with E-state index >= 15 is 0 Å². The smallest absolute Gasteiger partial charge is 0.435 e. The van der Waals surface area contributed by atoms with Crippen molar-refractivity contribution in [3.8, 4) is 0 Å². The van der Waals surface area contributed by atoms with Crippen LogP contribution in [0.15, 0.2) is 11.6 Å². The van der Waals surface area contributed by atoms with Crippen molar-refractivity contribution in [2.24, 2.45) is 46.3 Å². The van der Waals surface area contributed by atoms with E-state index in [1.807, 2.05) is 0 Å². The molecule has 4 rings (SSSR count). The molecule has 9 atom stereocenters. The van der Waals surface area contributed by atoms with E-state index in [0.717, 1.165) is 56.0 Å². The summed E-state index contributed by atoms with van der Waals surface area (Å²) in [7, 11) is -3.27. The van der Waals surface area contributed by atoms with Gasteiger partial charge in [-0.1, -0.05) is 65.5 Å². The zero-order valence-corrected chi connectivity index (χ0v) is 23.8. The first-order chi connectivity index (χ1) is 16.4. The number of allylic oxidation sites excluding steroid dienone is 1. The lowest BCUT2D eigenvalue weighted by Crippen LogP contribution is -2.51. The third kappa shape index (κ3) is 5.08. The third-order valence-corrected chi connectivity index (χ3v) is 12.1. The molecule has 35 heavy (non-hydrogen) atoms. The Kier molecular flexibility index (Phi) is 8.03. The van der Waals surface area contributed by atoms with Crippen LogP contribution >= 0.6 is 7.60 Å². The van der Waals surface area contributed by atoms with Gasteiger partial charge >= 0.3 is 13.3 Å². The number of hydrogen-bond acceptors (Lipinski definition) is 4. The quantitative estimate of drug-likeness (QED) is 0.263. The van der Waals surface area contributed by atoms with Crippen LogP contribution in [0.4, 0.5) is 4.79 Å². The summed E-state index contributed by atoms with van der Waals surface area (Å²) in [5.74, 6) is 4.79. The second-order valence-electron chi connectivity index (χ2n) is 13.2. The van der Waals surface area contributed by atoms with E-state index in [1.165, 1.54) is 50.5 Å². The van der Waals surface area contributed by atoms with E-state index in [2.05, 4.69) is 45.2 Å². The van der Waals surface area contributed by atoms with Gasteiger partial charge < -0.3 is 14.2 Å². The molecule has 5 nitrogen and oxygen atoms in total. The highest BCUT2D eigenvalue weighted by atomic mass is 31.2. The van der Waals surface area contributed by atoms with Crippen molar-refractivity contribution < 1.29 is 23.5 Å². The van der Waals surface area contributed by atoms with Crippen molar-refractivity contribution in [1.29, 1.82) is 0 Å². The Morgan fingerprint density at radius 3 is 2.54 bits per heavy atom. The molecule has 0 heterocycles. The standard InChI is InChI=1S/C29H49O5P/c1-19(2)8-7-9-20(3)24-12-13-25-23-11-10-21-18-22(34-27(30)35(31,32)33-6)14-16-28(21,4)26(23)15-17-29(24,25)5/h10,19-20,22-26H,7-9,11-18H2,1-6H3,(H,31,32)/t20-,22+,23+,24-,25+,26+,28+,29-/m1/s1. The lowest BCUT2D eigenvalue weighted by molar-refractivity contribution is -0.0575. The van der Waals surface area contributed by atoms with Gasteiger partial charge in [-0.3, -0.25) is 0 Å². The van der Waals surface area contributed by atoms with Gasteiger partial charge in [0.25, 0.3) is 0 Å². The Balaban J connectivity index is 1.44. The molecular weight excluding hydrogens is 459 g/mol. The first-order valence-corrected chi connectivity index (χ1v) is 15.8. The normalized spacial score (nSPS) is 41.3. The molecule has 0 bridgehead atoms. The van der Waals surface area contributed by atoms with Crippen LogP contribution in [0.5, 0.6) is 0 Å².